The molecule has 5 nitrogen and oxygen atoms in total. The molecule has 0 saturated carbocycles. The minimum atomic E-state index is -1.16. The molecule has 0 saturated heterocycles. The number of thiophene rings is 1. The maximum Gasteiger partial charge on any atom is 0.331 e. The highest BCUT2D eigenvalue weighted by Gasteiger charge is 2.19. The maximum atomic E-state index is 12.1. The molecule has 1 amide bonds. The second-order valence-corrected chi connectivity index (χ2v) is 7.63. The van der Waals surface area contributed by atoms with E-state index in [0.717, 1.165) is 28.5 Å². The number of nitrogens with one attached hydrogen (secondary N) is 1. The van der Waals surface area contributed by atoms with Gasteiger partial charge in [-0.05, 0) is 37.3 Å². The lowest BCUT2D eigenvalue weighted by atomic mass is 9.95. The van der Waals surface area contributed by atoms with E-state index in [9.17, 15) is 14.9 Å². The number of benzene rings is 1. The van der Waals surface area contributed by atoms with E-state index >= 15 is 0 Å². The molecule has 1 atom stereocenters. The highest BCUT2D eigenvalue weighted by Crippen LogP contribution is 2.39. The Labute approximate surface area is 163 Å². The van der Waals surface area contributed by atoms with Crippen LogP contribution in [0, 0.1) is 18.3 Å². The molecule has 2 aromatic rings. The molecule has 27 heavy (non-hydrogen) atoms. The minimum Gasteiger partial charge on any atom is -0.478 e. The standard InChI is InChI=1S/C21H22N2O3S/c1-5-12(2)15-6-8-16(9-7-15)19-14(4)27-20(17(19)11-22)23-18(24)10-13(3)21(25)26/h6-10,12H,5H2,1-4H3,(H,23,24)(H,25,26). The molecule has 0 aliphatic carbocycles. The topological polar surface area (TPSA) is 90.2 Å². The number of hydrogen-bond acceptors (Lipinski definition) is 4. The van der Waals surface area contributed by atoms with E-state index in [1.807, 2.05) is 19.1 Å². The van der Waals surface area contributed by atoms with E-state index < -0.39 is 11.9 Å². The predicted octanol–water partition coefficient (Wildman–Crippen LogP) is 5.08. The predicted molar refractivity (Wildman–Crippen MR) is 108 cm³/mol. The molecular formula is C21H22N2O3S. The molecule has 140 valence electrons. The zero-order valence-electron chi connectivity index (χ0n) is 15.8. The number of hydrogen-bond donors (Lipinski definition) is 2. The Morgan fingerprint density at radius 1 is 1.33 bits per heavy atom. The van der Waals surface area contributed by atoms with Crippen LogP contribution in [0.5, 0.6) is 0 Å². The van der Waals surface area contributed by atoms with Crippen LogP contribution in [0.25, 0.3) is 11.1 Å². The normalized spacial score (nSPS) is 12.3. The molecule has 6 heteroatoms. The van der Waals surface area contributed by atoms with Crippen LogP contribution in [-0.4, -0.2) is 17.0 Å². The molecule has 2 rings (SSSR count). The third kappa shape index (κ3) is 4.63. The second kappa shape index (κ2) is 8.65. The van der Waals surface area contributed by atoms with Gasteiger partial charge in [0.1, 0.15) is 11.1 Å². The van der Waals surface area contributed by atoms with Gasteiger partial charge in [0.05, 0.1) is 5.56 Å². The number of carboxylic acid groups (broad SMARTS) is 1. The quantitative estimate of drug-likeness (QED) is 0.682. The smallest absolute Gasteiger partial charge is 0.331 e. The van der Waals surface area contributed by atoms with Gasteiger partial charge in [0.25, 0.3) is 0 Å². The van der Waals surface area contributed by atoms with E-state index in [1.54, 1.807) is 0 Å². The lowest BCUT2D eigenvalue weighted by molar-refractivity contribution is -0.132. The Kier molecular flexibility index (Phi) is 6.54. The van der Waals surface area contributed by atoms with Crippen molar-refractivity contribution in [3.05, 3.63) is 51.9 Å². The van der Waals surface area contributed by atoms with Crippen LogP contribution in [0.2, 0.25) is 0 Å². The van der Waals surface area contributed by atoms with Gasteiger partial charge in [-0.1, -0.05) is 38.1 Å². The number of amides is 1. The van der Waals surface area contributed by atoms with Crippen molar-refractivity contribution < 1.29 is 14.7 Å². The Bertz CT molecular complexity index is 934. The summed E-state index contributed by atoms with van der Waals surface area (Å²) in [7, 11) is 0. The number of aliphatic carboxylic acids is 1. The number of aryl methyl sites for hydroxylation is 1. The zero-order chi connectivity index (χ0) is 20.1. The van der Waals surface area contributed by atoms with Gasteiger partial charge in [0.2, 0.25) is 5.91 Å². The molecule has 0 aliphatic heterocycles. The molecule has 0 spiro atoms. The van der Waals surface area contributed by atoms with Gasteiger partial charge in [-0.2, -0.15) is 5.26 Å². The van der Waals surface area contributed by atoms with Gasteiger partial charge >= 0.3 is 5.97 Å². The van der Waals surface area contributed by atoms with Crippen molar-refractivity contribution in [1.29, 1.82) is 5.26 Å². The zero-order valence-corrected chi connectivity index (χ0v) is 16.6. The number of carboxylic acids is 1. The van der Waals surface area contributed by atoms with Crippen LogP contribution in [0.1, 0.15) is 49.1 Å². The monoisotopic (exact) mass is 382 g/mol. The third-order valence-corrected chi connectivity index (χ3v) is 5.52. The van der Waals surface area contributed by atoms with Crippen LogP contribution < -0.4 is 5.32 Å². The summed E-state index contributed by atoms with van der Waals surface area (Å²) >= 11 is 1.31. The van der Waals surface area contributed by atoms with E-state index in [1.165, 1.54) is 23.8 Å². The Balaban J connectivity index is 2.38. The van der Waals surface area contributed by atoms with Crippen molar-refractivity contribution in [3.8, 4) is 17.2 Å². The number of nitriles is 1. The van der Waals surface area contributed by atoms with Gasteiger partial charge in [-0.25, -0.2) is 4.79 Å². The van der Waals surface area contributed by atoms with Crippen LogP contribution in [0.3, 0.4) is 0 Å². The number of nitrogens with zero attached hydrogens (tertiary/aromatic N) is 1. The first kappa shape index (κ1) is 20.4. The van der Waals surface area contributed by atoms with Gasteiger partial charge in [0.15, 0.2) is 0 Å². The van der Waals surface area contributed by atoms with Crippen LogP contribution >= 0.6 is 11.3 Å². The molecule has 0 bridgehead atoms. The fourth-order valence-electron chi connectivity index (χ4n) is 2.71. The average molecular weight is 382 g/mol. The van der Waals surface area contributed by atoms with Crippen molar-refractivity contribution in [1.82, 2.24) is 0 Å². The summed E-state index contributed by atoms with van der Waals surface area (Å²) in [6, 6.07) is 10.3. The number of carbonyl (C=O) groups excluding carboxylic acids is 1. The van der Waals surface area contributed by atoms with Crippen LogP contribution in [0.15, 0.2) is 35.9 Å². The summed E-state index contributed by atoms with van der Waals surface area (Å²) in [6.45, 7) is 7.56. The largest absolute Gasteiger partial charge is 0.478 e. The number of carbonyl (C=O) groups is 2. The summed E-state index contributed by atoms with van der Waals surface area (Å²) in [5, 5.41) is 21.6. The fourth-order valence-corrected chi connectivity index (χ4v) is 3.74. The van der Waals surface area contributed by atoms with E-state index in [4.69, 9.17) is 5.11 Å². The first-order valence-corrected chi connectivity index (χ1v) is 9.46. The molecule has 1 aromatic heterocycles. The molecule has 2 N–H and O–H groups in total. The summed E-state index contributed by atoms with van der Waals surface area (Å²) < 4.78 is 0. The highest BCUT2D eigenvalue weighted by atomic mass is 32.1. The van der Waals surface area contributed by atoms with Gasteiger partial charge in [-0.15, -0.1) is 11.3 Å². The molecule has 0 fully saturated rings. The van der Waals surface area contributed by atoms with Crippen LogP contribution in [0.4, 0.5) is 5.00 Å². The highest BCUT2D eigenvalue weighted by molar-refractivity contribution is 7.17. The lowest BCUT2D eigenvalue weighted by Crippen LogP contribution is -2.10. The Hall–Kier alpha value is -2.91. The molecule has 1 unspecified atom stereocenters. The number of anilines is 1. The molecule has 1 heterocycles. The van der Waals surface area contributed by atoms with E-state index in [0.29, 0.717) is 16.5 Å². The van der Waals surface area contributed by atoms with Gasteiger partial charge < -0.3 is 10.4 Å². The van der Waals surface area contributed by atoms with Crippen molar-refractivity contribution in [2.75, 3.05) is 5.32 Å². The van der Waals surface area contributed by atoms with Crippen molar-refractivity contribution in [3.63, 3.8) is 0 Å². The number of rotatable bonds is 6. The Morgan fingerprint density at radius 2 is 1.96 bits per heavy atom. The van der Waals surface area contributed by atoms with Crippen molar-refractivity contribution >= 4 is 28.2 Å². The third-order valence-electron chi connectivity index (χ3n) is 4.50. The van der Waals surface area contributed by atoms with Crippen molar-refractivity contribution in [2.24, 2.45) is 0 Å². The summed E-state index contributed by atoms with van der Waals surface area (Å²) in [6.07, 6.45) is 2.07. The average Bonchev–Trinajstić information content (AvgIpc) is 2.95. The van der Waals surface area contributed by atoms with Crippen LogP contribution in [-0.2, 0) is 9.59 Å². The minimum absolute atomic E-state index is 0.0693. The maximum absolute atomic E-state index is 12.1. The molecular weight excluding hydrogens is 360 g/mol. The second-order valence-electron chi connectivity index (χ2n) is 6.40. The Morgan fingerprint density at radius 3 is 2.48 bits per heavy atom. The van der Waals surface area contributed by atoms with Gasteiger partial charge in [-0.3, -0.25) is 4.79 Å². The summed E-state index contributed by atoms with van der Waals surface area (Å²) in [5.74, 6) is -1.25. The first-order valence-electron chi connectivity index (χ1n) is 8.64. The lowest BCUT2D eigenvalue weighted by Gasteiger charge is -2.10. The van der Waals surface area contributed by atoms with E-state index in [2.05, 4.69) is 37.4 Å². The molecule has 1 aromatic carbocycles. The first-order chi connectivity index (χ1) is 12.8. The summed E-state index contributed by atoms with van der Waals surface area (Å²) in [5.41, 5.74) is 3.29. The molecule has 0 aliphatic rings. The molecule has 0 radical (unpaired) electrons. The summed E-state index contributed by atoms with van der Waals surface area (Å²) in [4.78, 5) is 23.8. The van der Waals surface area contributed by atoms with Gasteiger partial charge in [0, 0.05) is 22.1 Å². The fraction of sp³-hybridized carbons (Fsp3) is 0.286. The van der Waals surface area contributed by atoms with Crippen molar-refractivity contribution in [2.45, 2.75) is 40.0 Å². The SMILES string of the molecule is CCC(C)c1ccc(-c2c(C)sc(NC(=O)C=C(C)C(=O)O)c2C#N)cc1. The van der Waals surface area contributed by atoms with E-state index in [-0.39, 0.29) is 5.57 Å².